The zero-order chi connectivity index (χ0) is 12.8. The number of carboxylic acids is 1. The Labute approximate surface area is 106 Å². The Morgan fingerprint density at radius 2 is 2.29 bits per heavy atom. The molecule has 1 unspecified atom stereocenters. The predicted molar refractivity (Wildman–Crippen MR) is 64.3 cm³/mol. The van der Waals surface area contributed by atoms with Gasteiger partial charge in [-0.2, -0.15) is 0 Å². The van der Waals surface area contributed by atoms with E-state index in [4.69, 9.17) is 11.5 Å². The molecular formula is C11H9BrN2O3. The van der Waals surface area contributed by atoms with Gasteiger partial charge in [0.1, 0.15) is 11.7 Å². The summed E-state index contributed by atoms with van der Waals surface area (Å²) in [6, 6.07) is 2.02. The molecular weight excluding hydrogens is 288 g/mol. The van der Waals surface area contributed by atoms with Crippen molar-refractivity contribution in [3.05, 3.63) is 28.5 Å². The molecule has 0 aliphatic carbocycles. The molecule has 1 atom stereocenters. The van der Waals surface area contributed by atoms with Crippen molar-refractivity contribution in [3.8, 4) is 12.3 Å². The second-order valence-electron chi connectivity index (χ2n) is 3.13. The number of halogens is 1. The fraction of sp³-hybridized carbons (Fsp3) is 0.182. The number of nitrogens with zero attached hydrogens (tertiary/aromatic N) is 1. The number of carboxylic acid groups (broad SMARTS) is 1. The third kappa shape index (κ3) is 3.89. The first-order valence-corrected chi connectivity index (χ1v) is 5.42. The number of amides is 1. The molecule has 1 aromatic rings. The van der Waals surface area contributed by atoms with Crippen LogP contribution in [-0.4, -0.2) is 28.0 Å². The van der Waals surface area contributed by atoms with E-state index in [1.54, 1.807) is 6.07 Å². The molecule has 1 heterocycles. The number of aromatic nitrogens is 1. The molecule has 5 nitrogen and oxygen atoms in total. The Balaban J connectivity index is 2.74. The monoisotopic (exact) mass is 296 g/mol. The summed E-state index contributed by atoms with van der Waals surface area (Å²) in [5.41, 5.74) is 0.136. The standard InChI is InChI=1S/C11H9BrN2O3/c1-2-3-9(11(16)17)14-10(15)8-5-4-7(12)6-13-8/h1,4-6,9H,3H2,(H,14,15)(H,16,17). The lowest BCUT2D eigenvalue weighted by Crippen LogP contribution is -2.40. The van der Waals surface area contributed by atoms with Crippen molar-refractivity contribution in [3.63, 3.8) is 0 Å². The van der Waals surface area contributed by atoms with Crippen molar-refractivity contribution in [2.75, 3.05) is 0 Å². The molecule has 0 aliphatic rings. The van der Waals surface area contributed by atoms with Gasteiger partial charge >= 0.3 is 5.97 Å². The minimum atomic E-state index is -1.17. The molecule has 0 aliphatic heterocycles. The van der Waals surface area contributed by atoms with Gasteiger partial charge in [-0.05, 0) is 28.1 Å². The SMILES string of the molecule is C#CCC(NC(=O)c1ccc(Br)cn1)C(=O)O. The lowest BCUT2D eigenvalue weighted by Gasteiger charge is -2.11. The largest absolute Gasteiger partial charge is 0.480 e. The van der Waals surface area contributed by atoms with E-state index in [1.165, 1.54) is 12.3 Å². The number of rotatable bonds is 4. The van der Waals surface area contributed by atoms with Crippen LogP contribution in [0.3, 0.4) is 0 Å². The summed E-state index contributed by atoms with van der Waals surface area (Å²) >= 11 is 3.18. The van der Waals surface area contributed by atoms with Gasteiger partial charge in [0.2, 0.25) is 0 Å². The van der Waals surface area contributed by atoms with Crippen molar-refractivity contribution >= 4 is 27.8 Å². The van der Waals surface area contributed by atoms with Gasteiger partial charge in [-0.3, -0.25) is 4.79 Å². The van der Waals surface area contributed by atoms with Crippen LogP contribution in [0.4, 0.5) is 0 Å². The first-order chi connectivity index (χ1) is 8.04. The number of carbonyl (C=O) groups is 2. The highest BCUT2D eigenvalue weighted by Crippen LogP contribution is 2.07. The Kier molecular flexibility index (Phi) is 4.67. The topological polar surface area (TPSA) is 79.3 Å². The van der Waals surface area contributed by atoms with Crippen molar-refractivity contribution in [2.45, 2.75) is 12.5 Å². The summed E-state index contributed by atoms with van der Waals surface area (Å²) < 4.78 is 0.729. The van der Waals surface area contributed by atoms with Gasteiger partial charge in [0, 0.05) is 17.1 Å². The number of hydrogen-bond donors (Lipinski definition) is 2. The van der Waals surface area contributed by atoms with E-state index in [2.05, 4.69) is 32.2 Å². The smallest absolute Gasteiger partial charge is 0.327 e. The predicted octanol–water partition coefficient (Wildman–Crippen LogP) is 1.05. The van der Waals surface area contributed by atoms with Crippen LogP contribution < -0.4 is 5.32 Å². The zero-order valence-electron chi connectivity index (χ0n) is 8.68. The van der Waals surface area contributed by atoms with E-state index in [0.717, 1.165) is 4.47 Å². The molecule has 0 saturated heterocycles. The number of aliphatic carboxylic acids is 1. The van der Waals surface area contributed by atoms with Crippen molar-refractivity contribution < 1.29 is 14.7 Å². The normalized spacial score (nSPS) is 11.3. The Morgan fingerprint density at radius 1 is 1.59 bits per heavy atom. The van der Waals surface area contributed by atoms with E-state index >= 15 is 0 Å². The number of pyridine rings is 1. The molecule has 0 spiro atoms. The molecule has 1 amide bonds. The molecule has 6 heteroatoms. The molecule has 0 radical (unpaired) electrons. The lowest BCUT2D eigenvalue weighted by molar-refractivity contribution is -0.139. The van der Waals surface area contributed by atoms with Crippen molar-refractivity contribution in [1.82, 2.24) is 10.3 Å². The summed E-state index contributed by atoms with van der Waals surface area (Å²) in [4.78, 5) is 26.2. The second kappa shape index (κ2) is 6.01. The highest BCUT2D eigenvalue weighted by molar-refractivity contribution is 9.10. The summed E-state index contributed by atoms with van der Waals surface area (Å²) in [6.07, 6.45) is 6.39. The molecule has 0 fully saturated rings. The molecule has 2 N–H and O–H groups in total. The van der Waals surface area contributed by atoms with Crippen LogP contribution in [0.1, 0.15) is 16.9 Å². The van der Waals surface area contributed by atoms with Gasteiger partial charge in [0.25, 0.3) is 5.91 Å². The maximum atomic E-state index is 11.6. The summed E-state index contributed by atoms with van der Waals surface area (Å²) in [5, 5.41) is 11.1. The number of terminal acetylenes is 1. The number of hydrogen-bond acceptors (Lipinski definition) is 3. The molecule has 1 aromatic heterocycles. The Bertz CT molecular complexity index is 465. The number of carbonyl (C=O) groups excluding carboxylic acids is 1. The van der Waals surface area contributed by atoms with Gasteiger partial charge in [0.05, 0.1) is 0 Å². The summed E-state index contributed by atoms with van der Waals surface area (Å²) in [7, 11) is 0. The average Bonchev–Trinajstić information content (AvgIpc) is 2.29. The molecule has 17 heavy (non-hydrogen) atoms. The molecule has 0 saturated carbocycles. The van der Waals surface area contributed by atoms with E-state index in [-0.39, 0.29) is 12.1 Å². The first kappa shape index (κ1) is 13.2. The highest BCUT2D eigenvalue weighted by atomic mass is 79.9. The summed E-state index contributed by atoms with van der Waals surface area (Å²) in [5.74, 6) is 0.450. The zero-order valence-corrected chi connectivity index (χ0v) is 10.3. The fourth-order valence-electron chi connectivity index (χ4n) is 1.06. The highest BCUT2D eigenvalue weighted by Gasteiger charge is 2.19. The van der Waals surface area contributed by atoms with Crippen molar-refractivity contribution in [1.29, 1.82) is 0 Å². The molecule has 0 aromatic carbocycles. The van der Waals surface area contributed by atoms with Crippen LogP contribution in [0.25, 0.3) is 0 Å². The maximum absolute atomic E-state index is 11.6. The van der Waals surface area contributed by atoms with Gasteiger partial charge in [-0.1, -0.05) is 0 Å². The van der Waals surface area contributed by atoms with Gasteiger partial charge in [0.15, 0.2) is 0 Å². The van der Waals surface area contributed by atoms with Crippen LogP contribution >= 0.6 is 15.9 Å². The Hall–Kier alpha value is -1.87. The van der Waals surface area contributed by atoms with Gasteiger partial charge in [-0.15, -0.1) is 12.3 Å². The van der Waals surface area contributed by atoms with Crippen LogP contribution in [-0.2, 0) is 4.79 Å². The van der Waals surface area contributed by atoms with Crippen LogP contribution in [0.5, 0.6) is 0 Å². The Morgan fingerprint density at radius 3 is 2.76 bits per heavy atom. The minimum absolute atomic E-state index is 0.0718. The molecule has 88 valence electrons. The van der Waals surface area contributed by atoms with E-state index in [1.807, 2.05) is 0 Å². The summed E-state index contributed by atoms with van der Waals surface area (Å²) in [6.45, 7) is 0. The van der Waals surface area contributed by atoms with Crippen LogP contribution in [0.2, 0.25) is 0 Å². The van der Waals surface area contributed by atoms with Gasteiger partial charge < -0.3 is 10.4 Å². The minimum Gasteiger partial charge on any atom is -0.480 e. The first-order valence-electron chi connectivity index (χ1n) is 4.63. The van der Waals surface area contributed by atoms with Gasteiger partial charge in [-0.25, -0.2) is 9.78 Å². The quantitative estimate of drug-likeness (QED) is 0.814. The fourth-order valence-corrected chi connectivity index (χ4v) is 1.29. The second-order valence-corrected chi connectivity index (χ2v) is 4.05. The third-order valence-electron chi connectivity index (χ3n) is 1.89. The average molecular weight is 297 g/mol. The van der Waals surface area contributed by atoms with E-state index < -0.39 is 17.9 Å². The van der Waals surface area contributed by atoms with E-state index in [0.29, 0.717) is 0 Å². The maximum Gasteiger partial charge on any atom is 0.327 e. The van der Waals surface area contributed by atoms with Crippen molar-refractivity contribution in [2.24, 2.45) is 0 Å². The lowest BCUT2D eigenvalue weighted by atomic mass is 10.2. The molecule has 1 rings (SSSR count). The van der Waals surface area contributed by atoms with E-state index in [9.17, 15) is 9.59 Å². The molecule has 0 bridgehead atoms. The number of nitrogens with one attached hydrogen (secondary N) is 1. The van der Waals surface area contributed by atoms with Crippen LogP contribution in [0, 0.1) is 12.3 Å². The van der Waals surface area contributed by atoms with Crippen LogP contribution in [0.15, 0.2) is 22.8 Å². The third-order valence-corrected chi connectivity index (χ3v) is 2.35.